The monoisotopic (exact) mass is 292 g/mol. The molecule has 0 saturated carbocycles. The zero-order valence-corrected chi connectivity index (χ0v) is 13.7. The van der Waals surface area contributed by atoms with Crippen molar-refractivity contribution < 1.29 is 29.6 Å². The Morgan fingerprint density at radius 1 is 0.850 bits per heavy atom. The van der Waals surface area contributed by atoms with Crippen LogP contribution in [0.25, 0.3) is 0 Å². The highest BCUT2D eigenvalue weighted by Gasteiger charge is 2.28. The number of carbonyl (C=O) groups is 2. The summed E-state index contributed by atoms with van der Waals surface area (Å²) in [5, 5.41) is 17.0. The fourth-order valence-corrected chi connectivity index (χ4v) is 0.415. The van der Waals surface area contributed by atoms with Crippen LogP contribution in [0, 0.1) is 10.8 Å². The minimum absolute atomic E-state index is 0.0413. The molecule has 0 aliphatic carbocycles. The normalized spacial score (nSPS) is 12.4. The molecule has 0 fully saturated rings. The molecule has 0 aromatic rings. The molecule has 0 aliphatic heterocycles. The Bertz CT molecular complexity index is 320. The molecular weight excluding hydrogens is 264 g/mol. The summed E-state index contributed by atoms with van der Waals surface area (Å²) in [6.45, 7) is 13.7. The van der Waals surface area contributed by atoms with Crippen molar-refractivity contribution in [3.63, 3.8) is 0 Å². The van der Waals surface area contributed by atoms with E-state index in [2.05, 4.69) is 0 Å². The molecule has 20 heavy (non-hydrogen) atoms. The van der Waals surface area contributed by atoms with E-state index < -0.39 is 28.4 Å². The summed E-state index contributed by atoms with van der Waals surface area (Å²) in [4.78, 5) is 30.5. The molecule has 6 heteroatoms. The zero-order valence-electron chi connectivity index (χ0n) is 13.7. The van der Waals surface area contributed by atoms with Crippen molar-refractivity contribution in [2.24, 2.45) is 10.8 Å². The molecule has 0 heterocycles. The van der Waals surface area contributed by atoms with Gasteiger partial charge in [0.05, 0.1) is 23.0 Å². The van der Waals surface area contributed by atoms with E-state index >= 15 is 0 Å². The molecule has 0 spiro atoms. The van der Waals surface area contributed by atoms with Crippen LogP contribution in [-0.4, -0.2) is 34.4 Å². The average molecular weight is 292 g/mol. The van der Waals surface area contributed by atoms with Gasteiger partial charge in [0.25, 0.3) is 0 Å². The summed E-state index contributed by atoms with van der Waals surface area (Å²) in [5.41, 5.74) is -1.90. The smallest absolute Gasteiger partial charge is 0.311 e. The SMILES string of the molecule is CC(C)(C)C(=O)O.CC(C)(C)OOCC(C)(C)C(=O)O. The molecule has 6 nitrogen and oxygen atoms in total. The Kier molecular flexibility index (Phi) is 8.03. The van der Waals surface area contributed by atoms with E-state index in [0.717, 1.165) is 0 Å². The Hall–Kier alpha value is -1.14. The summed E-state index contributed by atoms with van der Waals surface area (Å²) in [5.74, 6) is -1.66. The van der Waals surface area contributed by atoms with Gasteiger partial charge < -0.3 is 10.2 Å². The zero-order chi connectivity index (χ0) is 16.8. The van der Waals surface area contributed by atoms with Gasteiger partial charge in [-0.15, -0.1) is 0 Å². The molecule has 0 bridgehead atoms. The Morgan fingerprint density at radius 3 is 1.40 bits per heavy atom. The molecule has 0 rings (SSSR count). The maximum atomic E-state index is 10.6. The van der Waals surface area contributed by atoms with Crippen LogP contribution in [0.3, 0.4) is 0 Å². The largest absolute Gasteiger partial charge is 0.481 e. The van der Waals surface area contributed by atoms with Crippen molar-refractivity contribution >= 4 is 11.9 Å². The van der Waals surface area contributed by atoms with Crippen LogP contribution in [0.5, 0.6) is 0 Å². The lowest BCUT2D eigenvalue weighted by Gasteiger charge is -2.22. The van der Waals surface area contributed by atoms with E-state index in [0.29, 0.717) is 0 Å². The topological polar surface area (TPSA) is 93.1 Å². The molecule has 0 radical (unpaired) electrons. The third-order valence-electron chi connectivity index (χ3n) is 1.95. The molecule has 2 N–H and O–H groups in total. The molecule has 0 atom stereocenters. The highest BCUT2D eigenvalue weighted by Crippen LogP contribution is 2.17. The van der Waals surface area contributed by atoms with Crippen LogP contribution >= 0.6 is 0 Å². The molecule has 120 valence electrons. The Labute approximate surface area is 121 Å². The van der Waals surface area contributed by atoms with Gasteiger partial charge in [-0.1, -0.05) is 0 Å². The van der Waals surface area contributed by atoms with Crippen LogP contribution in [0.1, 0.15) is 55.4 Å². The van der Waals surface area contributed by atoms with Crippen LogP contribution in [0.2, 0.25) is 0 Å². The number of carboxylic acids is 2. The van der Waals surface area contributed by atoms with Crippen molar-refractivity contribution in [2.45, 2.75) is 61.0 Å². The van der Waals surface area contributed by atoms with E-state index in [9.17, 15) is 9.59 Å². The van der Waals surface area contributed by atoms with Gasteiger partial charge in [-0.05, 0) is 55.4 Å². The standard InChI is InChI=1S/C9H18O4.C5H10O2/c1-8(2,3)13-12-6-9(4,5)7(10)11;1-5(2,3)4(6)7/h6H2,1-5H3,(H,10,11);1-3H3,(H,6,7). The first kappa shape index (κ1) is 21.2. The third kappa shape index (κ3) is 11.9. The maximum Gasteiger partial charge on any atom is 0.311 e. The van der Waals surface area contributed by atoms with Crippen LogP contribution in [-0.2, 0) is 19.4 Å². The van der Waals surface area contributed by atoms with Crippen LogP contribution < -0.4 is 0 Å². The maximum absolute atomic E-state index is 10.6. The van der Waals surface area contributed by atoms with Gasteiger partial charge in [0.15, 0.2) is 0 Å². The highest BCUT2D eigenvalue weighted by atomic mass is 17.2. The van der Waals surface area contributed by atoms with E-state index in [1.165, 1.54) is 0 Å². The van der Waals surface area contributed by atoms with E-state index in [4.69, 9.17) is 20.0 Å². The van der Waals surface area contributed by atoms with E-state index in [1.54, 1.807) is 34.6 Å². The first-order valence-corrected chi connectivity index (χ1v) is 6.37. The van der Waals surface area contributed by atoms with Crippen molar-refractivity contribution in [1.82, 2.24) is 0 Å². The lowest BCUT2D eigenvalue weighted by molar-refractivity contribution is -0.357. The van der Waals surface area contributed by atoms with Gasteiger partial charge in [0.2, 0.25) is 0 Å². The fourth-order valence-electron chi connectivity index (χ4n) is 0.415. The number of aliphatic carboxylic acids is 2. The van der Waals surface area contributed by atoms with E-state index in [1.807, 2.05) is 20.8 Å². The van der Waals surface area contributed by atoms with Gasteiger partial charge >= 0.3 is 11.9 Å². The van der Waals surface area contributed by atoms with Gasteiger partial charge in [-0.2, -0.15) is 0 Å². The minimum Gasteiger partial charge on any atom is -0.481 e. The van der Waals surface area contributed by atoms with Gasteiger partial charge in [0.1, 0.15) is 0 Å². The lowest BCUT2D eigenvalue weighted by Crippen LogP contribution is -2.31. The van der Waals surface area contributed by atoms with Crippen LogP contribution in [0.15, 0.2) is 0 Å². The summed E-state index contributed by atoms with van der Waals surface area (Å²) in [7, 11) is 0. The highest BCUT2D eigenvalue weighted by molar-refractivity contribution is 5.73. The lowest BCUT2D eigenvalue weighted by atomic mass is 9.96. The quantitative estimate of drug-likeness (QED) is 0.611. The molecule has 0 amide bonds. The second-order valence-corrected chi connectivity index (χ2v) is 7.20. The van der Waals surface area contributed by atoms with Crippen molar-refractivity contribution in [3.05, 3.63) is 0 Å². The summed E-state index contributed by atoms with van der Waals surface area (Å²) >= 11 is 0. The average Bonchev–Trinajstić information content (AvgIpc) is 2.13. The molecule has 0 aromatic heterocycles. The first-order chi connectivity index (χ1) is 8.59. The second-order valence-electron chi connectivity index (χ2n) is 7.20. The molecule has 0 aliphatic rings. The molecule has 0 aromatic carbocycles. The number of hydrogen-bond donors (Lipinski definition) is 2. The fraction of sp³-hybridized carbons (Fsp3) is 0.857. The predicted octanol–water partition coefficient (Wildman–Crippen LogP) is 2.96. The molecular formula is C14H28O6. The first-order valence-electron chi connectivity index (χ1n) is 6.37. The Morgan fingerprint density at radius 2 is 1.20 bits per heavy atom. The number of hydrogen-bond acceptors (Lipinski definition) is 4. The van der Waals surface area contributed by atoms with Crippen molar-refractivity contribution in [1.29, 1.82) is 0 Å². The number of carboxylic acid groups (broad SMARTS) is 2. The minimum atomic E-state index is -0.911. The third-order valence-corrected chi connectivity index (χ3v) is 1.95. The Balaban J connectivity index is 0. The second kappa shape index (κ2) is 7.59. The molecule has 0 saturated heterocycles. The molecule has 0 unspecified atom stereocenters. The van der Waals surface area contributed by atoms with Gasteiger partial charge in [-0.3, -0.25) is 9.59 Å². The number of rotatable bonds is 4. The predicted molar refractivity (Wildman–Crippen MR) is 75.3 cm³/mol. The summed E-state index contributed by atoms with van der Waals surface area (Å²) in [6.07, 6.45) is 0. The van der Waals surface area contributed by atoms with Gasteiger partial charge in [0, 0.05) is 0 Å². The van der Waals surface area contributed by atoms with Crippen LogP contribution in [0.4, 0.5) is 0 Å². The van der Waals surface area contributed by atoms with Gasteiger partial charge in [-0.25, -0.2) is 9.78 Å². The van der Waals surface area contributed by atoms with Crippen molar-refractivity contribution in [2.75, 3.05) is 6.61 Å². The summed E-state index contributed by atoms with van der Waals surface area (Å²) in [6, 6.07) is 0. The summed E-state index contributed by atoms with van der Waals surface area (Å²) < 4.78 is 0. The van der Waals surface area contributed by atoms with E-state index in [-0.39, 0.29) is 6.61 Å². The van der Waals surface area contributed by atoms with Crippen molar-refractivity contribution in [3.8, 4) is 0 Å².